The van der Waals surface area contributed by atoms with Crippen molar-refractivity contribution in [3.05, 3.63) is 76.2 Å². The normalized spacial score (nSPS) is 14.2. The summed E-state index contributed by atoms with van der Waals surface area (Å²) in [6.45, 7) is 4.43. The van der Waals surface area contributed by atoms with Gasteiger partial charge in [-0.25, -0.2) is 9.97 Å². The number of rotatable bonds is 3. The lowest BCUT2D eigenvalue weighted by Gasteiger charge is -2.34. The number of anilines is 1. The summed E-state index contributed by atoms with van der Waals surface area (Å²) in [5.74, 6) is -0.234. The van der Waals surface area contributed by atoms with Crippen molar-refractivity contribution in [3.8, 4) is 11.3 Å². The highest BCUT2D eigenvalue weighted by molar-refractivity contribution is 7.21. The second-order valence-electron chi connectivity index (χ2n) is 7.59. The van der Waals surface area contributed by atoms with Gasteiger partial charge in [0.25, 0.3) is 11.5 Å². The van der Waals surface area contributed by atoms with Crippen LogP contribution in [0.2, 0.25) is 0 Å². The second kappa shape index (κ2) is 7.96. The molecule has 0 unspecified atom stereocenters. The molecule has 5 rings (SSSR count). The molecule has 31 heavy (non-hydrogen) atoms. The number of pyridine rings is 2. The molecule has 1 aliphatic heterocycles. The monoisotopic (exact) mass is 431 g/mol. The lowest BCUT2D eigenvalue weighted by atomic mass is 10.1. The van der Waals surface area contributed by atoms with Crippen molar-refractivity contribution < 1.29 is 4.79 Å². The molecule has 4 heterocycles. The molecule has 0 spiro atoms. The highest BCUT2D eigenvalue weighted by Gasteiger charge is 2.25. The largest absolute Gasteiger partial charge is 0.344 e. The lowest BCUT2D eigenvalue weighted by molar-refractivity contribution is 0.0745. The first kappa shape index (κ1) is 19.4. The van der Waals surface area contributed by atoms with Gasteiger partial charge in [0.2, 0.25) is 0 Å². The molecular formula is C23H21N5O2S. The van der Waals surface area contributed by atoms with Gasteiger partial charge in [0, 0.05) is 38.1 Å². The van der Waals surface area contributed by atoms with Gasteiger partial charge < -0.3 is 14.8 Å². The van der Waals surface area contributed by atoms with Crippen LogP contribution >= 0.6 is 11.3 Å². The van der Waals surface area contributed by atoms with E-state index >= 15 is 0 Å². The Kier molecular flexibility index (Phi) is 4.99. The topological polar surface area (TPSA) is 82.2 Å². The summed E-state index contributed by atoms with van der Waals surface area (Å²) in [5.41, 5.74) is 3.45. The summed E-state index contributed by atoms with van der Waals surface area (Å²) in [6, 6.07) is 15.2. The Balaban J connectivity index is 1.29. The number of benzene rings is 1. The molecule has 1 aromatic carbocycles. The molecule has 0 aliphatic carbocycles. The number of thiazole rings is 1. The van der Waals surface area contributed by atoms with E-state index in [4.69, 9.17) is 0 Å². The number of piperazine rings is 1. The number of hydrogen-bond donors (Lipinski definition) is 1. The van der Waals surface area contributed by atoms with Gasteiger partial charge in [-0.15, -0.1) is 0 Å². The number of hydrogen-bond acceptors (Lipinski definition) is 6. The molecule has 7 nitrogen and oxygen atoms in total. The van der Waals surface area contributed by atoms with Crippen molar-refractivity contribution in [3.63, 3.8) is 0 Å². The van der Waals surface area contributed by atoms with Gasteiger partial charge in [0.15, 0.2) is 5.13 Å². The maximum absolute atomic E-state index is 13.0. The third-order valence-electron chi connectivity index (χ3n) is 5.46. The fourth-order valence-electron chi connectivity index (χ4n) is 3.79. The summed E-state index contributed by atoms with van der Waals surface area (Å²) >= 11 is 1.56. The van der Waals surface area contributed by atoms with Crippen LogP contribution in [0.4, 0.5) is 5.13 Å². The van der Waals surface area contributed by atoms with Crippen molar-refractivity contribution in [2.24, 2.45) is 0 Å². The number of nitrogens with one attached hydrogen (secondary N) is 1. The van der Waals surface area contributed by atoms with Gasteiger partial charge in [-0.1, -0.05) is 35.1 Å². The van der Waals surface area contributed by atoms with Gasteiger partial charge in [-0.2, -0.15) is 0 Å². The number of aromatic amines is 1. The minimum Gasteiger partial charge on any atom is -0.344 e. The van der Waals surface area contributed by atoms with Gasteiger partial charge in [0.05, 0.1) is 0 Å². The van der Waals surface area contributed by atoms with Crippen molar-refractivity contribution in [2.75, 3.05) is 31.1 Å². The minimum absolute atomic E-state index is 0.175. The van der Waals surface area contributed by atoms with Crippen LogP contribution in [-0.2, 0) is 0 Å². The molecule has 0 bridgehead atoms. The van der Waals surface area contributed by atoms with Crippen LogP contribution in [0.25, 0.3) is 21.6 Å². The number of nitrogens with zero attached hydrogens (tertiary/aromatic N) is 4. The number of fused-ring (bicyclic) bond motifs is 1. The number of H-pyrrole nitrogens is 1. The first-order valence-corrected chi connectivity index (χ1v) is 11.0. The van der Waals surface area contributed by atoms with Crippen LogP contribution in [0.1, 0.15) is 15.9 Å². The van der Waals surface area contributed by atoms with E-state index in [2.05, 4.69) is 19.9 Å². The van der Waals surface area contributed by atoms with Crippen molar-refractivity contribution in [1.82, 2.24) is 19.9 Å². The van der Waals surface area contributed by atoms with Gasteiger partial charge in [-0.05, 0) is 42.8 Å². The van der Waals surface area contributed by atoms with Crippen LogP contribution in [0.15, 0.2) is 59.5 Å². The SMILES string of the molecule is Cc1cccc(-c2ccc(C(=O)N3CCN(c4nc5cccnc5s4)CC3)c(=O)[nH]2)c1. The van der Waals surface area contributed by atoms with E-state index in [-0.39, 0.29) is 17.0 Å². The molecule has 1 saturated heterocycles. The standard InChI is InChI=1S/C23H21N5O2S/c1-15-4-2-5-16(14-15)18-8-7-17(20(29)25-18)22(30)27-10-12-28(13-11-27)23-26-19-6-3-9-24-21(19)31-23/h2-9,14H,10-13H2,1H3,(H,25,29). The van der Waals surface area contributed by atoms with Crippen LogP contribution in [0, 0.1) is 6.92 Å². The summed E-state index contributed by atoms with van der Waals surface area (Å²) in [6.07, 6.45) is 1.77. The van der Waals surface area contributed by atoms with Crippen molar-refractivity contribution in [2.45, 2.75) is 6.92 Å². The third kappa shape index (κ3) is 3.82. The Morgan fingerprint density at radius 1 is 1.06 bits per heavy atom. The number of carbonyl (C=O) groups is 1. The molecule has 8 heteroatoms. The number of aromatic nitrogens is 3. The third-order valence-corrected chi connectivity index (χ3v) is 6.50. The minimum atomic E-state index is -0.358. The Hall–Kier alpha value is -3.52. The predicted octanol–water partition coefficient (Wildman–Crippen LogP) is 3.32. The van der Waals surface area contributed by atoms with Crippen LogP contribution in [-0.4, -0.2) is 51.9 Å². The Morgan fingerprint density at radius 3 is 2.65 bits per heavy atom. The molecule has 1 amide bonds. The molecule has 156 valence electrons. The first-order valence-electron chi connectivity index (χ1n) is 10.1. The Bertz CT molecular complexity index is 1290. The highest BCUT2D eigenvalue weighted by atomic mass is 32.1. The summed E-state index contributed by atoms with van der Waals surface area (Å²) in [4.78, 5) is 42.3. The summed E-state index contributed by atoms with van der Waals surface area (Å²) in [7, 11) is 0. The first-order chi connectivity index (χ1) is 15.1. The zero-order chi connectivity index (χ0) is 21.4. The van der Waals surface area contributed by atoms with E-state index in [1.54, 1.807) is 34.6 Å². The average Bonchev–Trinajstić information content (AvgIpc) is 3.23. The van der Waals surface area contributed by atoms with Crippen LogP contribution in [0.3, 0.4) is 0 Å². The molecule has 1 N–H and O–H groups in total. The Morgan fingerprint density at radius 2 is 1.90 bits per heavy atom. The van der Waals surface area contributed by atoms with Crippen LogP contribution in [0.5, 0.6) is 0 Å². The van der Waals surface area contributed by atoms with E-state index in [1.807, 2.05) is 43.3 Å². The molecule has 1 aliphatic rings. The van der Waals surface area contributed by atoms with E-state index in [9.17, 15) is 9.59 Å². The van der Waals surface area contributed by atoms with Gasteiger partial charge >= 0.3 is 0 Å². The maximum atomic E-state index is 13.0. The average molecular weight is 432 g/mol. The van der Waals surface area contributed by atoms with Crippen LogP contribution < -0.4 is 10.5 Å². The fourth-order valence-corrected chi connectivity index (χ4v) is 4.75. The molecular weight excluding hydrogens is 410 g/mol. The van der Waals surface area contributed by atoms with E-state index in [0.717, 1.165) is 26.6 Å². The smallest absolute Gasteiger partial charge is 0.261 e. The lowest BCUT2D eigenvalue weighted by Crippen LogP contribution is -2.49. The molecule has 1 fully saturated rings. The van der Waals surface area contributed by atoms with E-state index in [1.165, 1.54) is 0 Å². The highest BCUT2D eigenvalue weighted by Crippen LogP contribution is 2.27. The summed E-state index contributed by atoms with van der Waals surface area (Å²) < 4.78 is 0. The van der Waals surface area contributed by atoms with Crippen molar-refractivity contribution in [1.29, 1.82) is 0 Å². The second-order valence-corrected chi connectivity index (χ2v) is 8.54. The van der Waals surface area contributed by atoms with Crippen molar-refractivity contribution >= 4 is 32.7 Å². The van der Waals surface area contributed by atoms with E-state index in [0.29, 0.717) is 31.9 Å². The zero-order valence-corrected chi connectivity index (χ0v) is 17.9. The predicted molar refractivity (Wildman–Crippen MR) is 123 cm³/mol. The molecule has 0 saturated carbocycles. The molecule has 0 radical (unpaired) electrons. The summed E-state index contributed by atoms with van der Waals surface area (Å²) in [5, 5.41) is 0.918. The molecule has 0 atom stereocenters. The number of aryl methyl sites for hydroxylation is 1. The maximum Gasteiger partial charge on any atom is 0.261 e. The van der Waals surface area contributed by atoms with Gasteiger partial charge in [-0.3, -0.25) is 9.59 Å². The molecule has 4 aromatic rings. The fraction of sp³-hybridized carbons (Fsp3) is 0.217. The molecule has 3 aromatic heterocycles. The zero-order valence-electron chi connectivity index (χ0n) is 17.0. The van der Waals surface area contributed by atoms with E-state index < -0.39 is 0 Å². The number of amides is 1. The number of carbonyl (C=O) groups excluding carboxylic acids is 1. The Labute approximate surface area is 183 Å². The van der Waals surface area contributed by atoms with Gasteiger partial charge in [0.1, 0.15) is 15.9 Å². The quantitative estimate of drug-likeness (QED) is 0.538.